The molecule has 0 aliphatic carbocycles. The molecule has 0 saturated heterocycles. The van der Waals surface area contributed by atoms with E-state index in [-0.39, 0.29) is 5.97 Å². The Morgan fingerprint density at radius 3 is 2.78 bits per heavy atom. The van der Waals surface area contributed by atoms with Gasteiger partial charge in [0.25, 0.3) is 0 Å². The Labute approximate surface area is 106 Å². The fraction of sp³-hybridized carbons (Fsp3) is 0.286. The van der Waals surface area contributed by atoms with Gasteiger partial charge in [-0.05, 0) is 38.1 Å². The molecular formula is C14H15NO3. The first-order chi connectivity index (χ1) is 8.65. The molecule has 0 aliphatic rings. The van der Waals surface area contributed by atoms with E-state index in [0.29, 0.717) is 12.2 Å². The van der Waals surface area contributed by atoms with Crippen LogP contribution in [0.25, 0.3) is 10.9 Å². The summed E-state index contributed by atoms with van der Waals surface area (Å²) in [6.45, 7) is 4.35. The first-order valence-electron chi connectivity index (χ1n) is 5.78. The Morgan fingerprint density at radius 1 is 1.33 bits per heavy atom. The van der Waals surface area contributed by atoms with Gasteiger partial charge in [0.1, 0.15) is 5.75 Å². The first-order valence-corrected chi connectivity index (χ1v) is 5.78. The van der Waals surface area contributed by atoms with E-state index in [2.05, 4.69) is 4.98 Å². The van der Waals surface area contributed by atoms with Gasteiger partial charge in [-0.15, -0.1) is 0 Å². The lowest BCUT2D eigenvalue weighted by atomic mass is 10.1. The van der Waals surface area contributed by atoms with Gasteiger partial charge in [0, 0.05) is 11.1 Å². The van der Waals surface area contributed by atoms with Gasteiger partial charge in [-0.1, -0.05) is 0 Å². The summed E-state index contributed by atoms with van der Waals surface area (Å²) in [6.07, 6.45) is 0. The second-order valence-electron chi connectivity index (χ2n) is 3.91. The van der Waals surface area contributed by atoms with Gasteiger partial charge < -0.3 is 9.47 Å². The smallest absolute Gasteiger partial charge is 0.338 e. The molecule has 0 spiro atoms. The molecule has 94 valence electrons. The standard InChI is InChI=1S/C14H15NO3/c1-4-18-10-5-6-13-11(8-10)12(14(16)17-3)7-9(2)15-13/h5-8H,4H2,1-3H3. The van der Waals surface area contributed by atoms with Crippen LogP contribution in [0.1, 0.15) is 23.0 Å². The van der Waals surface area contributed by atoms with Gasteiger partial charge in [0.15, 0.2) is 0 Å². The molecule has 0 bridgehead atoms. The quantitative estimate of drug-likeness (QED) is 0.780. The van der Waals surface area contributed by atoms with Crippen molar-refractivity contribution in [3.63, 3.8) is 0 Å². The van der Waals surface area contributed by atoms with Crippen LogP contribution in [-0.2, 0) is 4.74 Å². The number of nitrogens with zero attached hydrogens (tertiary/aromatic N) is 1. The number of rotatable bonds is 3. The SMILES string of the molecule is CCOc1ccc2nc(C)cc(C(=O)OC)c2c1. The van der Waals surface area contributed by atoms with Gasteiger partial charge in [0.2, 0.25) is 0 Å². The van der Waals surface area contributed by atoms with Crippen molar-refractivity contribution in [1.29, 1.82) is 0 Å². The van der Waals surface area contributed by atoms with Crippen LogP contribution in [0.2, 0.25) is 0 Å². The van der Waals surface area contributed by atoms with E-state index < -0.39 is 0 Å². The minimum atomic E-state index is -0.362. The van der Waals surface area contributed by atoms with Gasteiger partial charge in [0.05, 0.1) is 24.8 Å². The normalized spacial score (nSPS) is 10.4. The van der Waals surface area contributed by atoms with Crippen molar-refractivity contribution in [3.05, 3.63) is 35.5 Å². The molecule has 4 nitrogen and oxygen atoms in total. The third-order valence-electron chi connectivity index (χ3n) is 2.62. The van der Waals surface area contributed by atoms with Crippen LogP contribution in [0, 0.1) is 6.92 Å². The number of carbonyl (C=O) groups excluding carboxylic acids is 1. The number of aryl methyl sites for hydroxylation is 1. The molecule has 0 amide bonds. The summed E-state index contributed by atoms with van der Waals surface area (Å²) in [5, 5.41) is 0.749. The van der Waals surface area contributed by atoms with Crippen molar-refractivity contribution >= 4 is 16.9 Å². The van der Waals surface area contributed by atoms with Gasteiger partial charge in [-0.25, -0.2) is 4.79 Å². The van der Waals surface area contributed by atoms with E-state index in [9.17, 15) is 4.79 Å². The number of pyridine rings is 1. The molecule has 2 rings (SSSR count). The molecule has 1 heterocycles. The number of ether oxygens (including phenoxy) is 2. The summed E-state index contributed by atoms with van der Waals surface area (Å²) < 4.78 is 10.2. The predicted octanol–water partition coefficient (Wildman–Crippen LogP) is 2.73. The summed E-state index contributed by atoms with van der Waals surface area (Å²) in [4.78, 5) is 16.1. The largest absolute Gasteiger partial charge is 0.494 e. The molecular weight excluding hydrogens is 230 g/mol. The lowest BCUT2D eigenvalue weighted by Crippen LogP contribution is -2.04. The molecule has 0 saturated carbocycles. The van der Waals surface area contributed by atoms with Crippen LogP contribution >= 0.6 is 0 Å². The van der Waals surface area contributed by atoms with E-state index in [4.69, 9.17) is 9.47 Å². The number of fused-ring (bicyclic) bond motifs is 1. The Hall–Kier alpha value is -2.10. The summed E-state index contributed by atoms with van der Waals surface area (Å²) in [6, 6.07) is 7.24. The highest BCUT2D eigenvalue weighted by Gasteiger charge is 2.13. The molecule has 18 heavy (non-hydrogen) atoms. The average molecular weight is 245 g/mol. The van der Waals surface area contributed by atoms with Crippen molar-refractivity contribution in [1.82, 2.24) is 4.98 Å². The zero-order valence-electron chi connectivity index (χ0n) is 10.7. The Balaban J connectivity index is 2.66. The Morgan fingerprint density at radius 2 is 2.11 bits per heavy atom. The lowest BCUT2D eigenvalue weighted by molar-refractivity contribution is 0.0603. The van der Waals surface area contributed by atoms with E-state index in [1.807, 2.05) is 32.0 Å². The Kier molecular flexibility index (Phi) is 3.46. The van der Waals surface area contributed by atoms with Crippen LogP contribution in [-0.4, -0.2) is 24.7 Å². The van der Waals surface area contributed by atoms with Gasteiger partial charge >= 0.3 is 5.97 Å². The second kappa shape index (κ2) is 5.04. The van der Waals surface area contributed by atoms with Crippen molar-refractivity contribution < 1.29 is 14.3 Å². The van der Waals surface area contributed by atoms with Gasteiger partial charge in [-0.3, -0.25) is 4.98 Å². The highest BCUT2D eigenvalue weighted by Crippen LogP contribution is 2.24. The maximum absolute atomic E-state index is 11.8. The van der Waals surface area contributed by atoms with Crippen molar-refractivity contribution in [2.24, 2.45) is 0 Å². The number of hydrogen-bond donors (Lipinski definition) is 0. The molecule has 0 aliphatic heterocycles. The van der Waals surface area contributed by atoms with E-state index in [1.54, 1.807) is 6.07 Å². The molecule has 1 aromatic carbocycles. The van der Waals surface area contributed by atoms with Crippen LogP contribution in [0.3, 0.4) is 0 Å². The third-order valence-corrected chi connectivity index (χ3v) is 2.62. The number of carbonyl (C=O) groups is 1. The molecule has 4 heteroatoms. The number of aromatic nitrogens is 1. The maximum atomic E-state index is 11.8. The summed E-state index contributed by atoms with van der Waals surface area (Å²) in [5.41, 5.74) is 2.06. The summed E-state index contributed by atoms with van der Waals surface area (Å²) in [7, 11) is 1.37. The lowest BCUT2D eigenvalue weighted by Gasteiger charge is -2.08. The molecule has 0 atom stereocenters. The van der Waals surface area contributed by atoms with Crippen LogP contribution < -0.4 is 4.74 Å². The average Bonchev–Trinajstić information content (AvgIpc) is 2.37. The number of esters is 1. The summed E-state index contributed by atoms with van der Waals surface area (Å²) >= 11 is 0. The van der Waals surface area contributed by atoms with Crippen LogP contribution in [0.15, 0.2) is 24.3 Å². The number of benzene rings is 1. The monoisotopic (exact) mass is 245 g/mol. The third kappa shape index (κ3) is 2.27. The van der Waals surface area contributed by atoms with E-state index in [0.717, 1.165) is 22.3 Å². The van der Waals surface area contributed by atoms with E-state index in [1.165, 1.54) is 7.11 Å². The zero-order chi connectivity index (χ0) is 13.1. The Bertz CT molecular complexity index is 593. The minimum Gasteiger partial charge on any atom is -0.494 e. The fourth-order valence-corrected chi connectivity index (χ4v) is 1.87. The van der Waals surface area contributed by atoms with Crippen LogP contribution in [0.5, 0.6) is 5.75 Å². The molecule has 1 aromatic heterocycles. The van der Waals surface area contributed by atoms with Gasteiger partial charge in [-0.2, -0.15) is 0 Å². The fourth-order valence-electron chi connectivity index (χ4n) is 1.87. The second-order valence-corrected chi connectivity index (χ2v) is 3.91. The number of hydrogen-bond acceptors (Lipinski definition) is 4. The molecule has 0 radical (unpaired) electrons. The molecule has 0 unspecified atom stereocenters. The molecule has 0 N–H and O–H groups in total. The molecule has 2 aromatic rings. The topological polar surface area (TPSA) is 48.4 Å². The molecule has 0 fully saturated rings. The van der Waals surface area contributed by atoms with Crippen molar-refractivity contribution in [2.75, 3.05) is 13.7 Å². The minimum absolute atomic E-state index is 0.362. The summed E-state index contributed by atoms with van der Waals surface area (Å²) in [5.74, 6) is 0.361. The van der Waals surface area contributed by atoms with Crippen LogP contribution in [0.4, 0.5) is 0 Å². The van der Waals surface area contributed by atoms with E-state index >= 15 is 0 Å². The zero-order valence-corrected chi connectivity index (χ0v) is 10.7. The number of methoxy groups -OCH3 is 1. The first kappa shape index (κ1) is 12.4. The predicted molar refractivity (Wildman–Crippen MR) is 69.0 cm³/mol. The highest BCUT2D eigenvalue weighted by molar-refractivity contribution is 6.03. The van der Waals surface area contributed by atoms with Crippen molar-refractivity contribution in [2.45, 2.75) is 13.8 Å². The highest BCUT2D eigenvalue weighted by atomic mass is 16.5. The maximum Gasteiger partial charge on any atom is 0.338 e. The van der Waals surface area contributed by atoms with Crippen molar-refractivity contribution in [3.8, 4) is 5.75 Å².